The molecule has 174 valence electrons. The average molecular weight is 425 g/mol. The minimum Gasteiger partial charge on any atom is -0.494 e. The number of unbranched alkanes of at least 4 members (excludes halogenated alkanes) is 4. The predicted molar refractivity (Wildman–Crippen MR) is 135 cm³/mol. The molecule has 0 heterocycles. The third kappa shape index (κ3) is 8.66. The van der Waals surface area contributed by atoms with Crippen molar-refractivity contribution in [1.82, 2.24) is 0 Å². The molecule has 1 saturated carbocycles. The Hall–Kier alpha value is -1.24. The van der Waals surface area contributed by atoms with Crippen molar-refractivity contribution >= 4 is 0 Å². The minimum atomic E-state index is 0.838. The van der Waals surface area contributed by atoms with Gasteiger partial charge in [0.15, 0.2) is 0 Å². The lowest BCUT2D eigenvalue weighted by molar-refractivity contribution is 0.185. The Morgan fingerprint density at radius 3 is 2.23 bits per heavy atom. The maximum atomic E-state index is 5.79. The molecule has 1 unspecified atom stereocenters. The van der Waals surface area contributed by atoms with Gasteiger partial charge in [-0.25, -0.2) is 0 Å². The second-order valence-corrected chi connectivity index (χ2v) is 10.4. The van der Waals surface area contributed by atoms with E-state index < -0.39 is 0 Å². The molecule has 1 aromatic carbocycles. The van der Waals surface area contributed by atoms with E-state index in [1.807, 2.05) is 0 Å². The first-order chi connectivity index (χ1) is 15.3. The highest BCUT2D eigenvalue weighted by Crippen LogP contribution is 2.41. The fourth-order valence-electron chi connectivity index (χ4n) is 5.76. The van der Waals surface area contributed by atoms with Crippen molar-refractivity contribution in [3.8, 4) is 5.75 Å². The Balaban J connectivity index is 1.32. The lowest BCUT2D eigenvalue weighted by atomic mass is 9.70. The highest BCUT2D eigenvalue weighted by atomic mass is 16.5. The number of aryl methyl sites for hydroxylation is 1. The van der Waals surface area contributed by atoms with Crippen LogP contribution in [0.3, 0.4) is 0 Å². The van der Waals surface area contributed by atoms with Gasteiger partial charge in [-0.15, -0.1) is 0 Å². The third-order valence-electron chi connectivity index (χ3n) is 7.99. The summed E-state index contributed by atoms with van der Waals surface area (Å²) in [5, 5.41) is 0. The van der Waals surface area contributed by atoms with Gasteiger partial charge in [-0.3, -0.25) is 0 Å². The molecular weight excluding hydrogens is 376 g/mol. The summed E-state index contributed by atoms with van der Waals surface area (Å²) in [5.41, 5.74) is 3.16. The molecule has 3 rings (SSSR count). The van der Waals surface area contributed by atoms with Crippen LogP contribution in [0.5, 0.6) is 5.75 Å². The number of allylic oxidation sites excluding steroid dienone is 2. The van der Waals surface area contributed by atoms with E-state index in [2.05, 4.69) is 44.2 Å². The van der Waals surface area contributed by atoms with E-state index >= 15 is 0 Å². The van der Waals surface area contributed by atoms with E-state index in [-0.39, 0.29) is 0 Å². The molecule has 1 heteroatoms. The summed E-state index contributed by atoms with van der Waals surface area (Å²) in [6.07, 6.45) is 24.8. The van der Waals surface area contributed by atoms with Gasteiger partial charge in [-0.2, -0.15) is 0 Å². The Morgan fingerprint density at radius 2 is 1.55 bits per heavy atom. The Kier molecular flexibility index (Phi) is 11.0. The maximum absolute atomic E-state index is 5.79. The first kappa shape index (κ1) is 24.4. The molecule has 2 aliphatic rings. The Morgan fingerprint density at radius 1 is 0.774 bits per heavy atom. The van der Waals surface area contributed by atoms with Crippen molar-refractivity contribution in [2.75, 3.05) is 6.61 Å². The number of hydrogen-bond donors (Lipinski definition) is 0. The van der Waals surface area contributed by atoms with Crippen molar-refractivity contribution in [3.05, 3.63) is 41.5 Å². The van der Waals surface area contributed by atoms with Crippen LogP contribution in [0.4, 0.5) is 0 Å². The van der Waals surface area contributed by atoms with Gasteiger partial charge in [0, 0.05) is 0 Å². The van der Waals surface area contributed by atoms with E-state index in [4.69, 9.17) is 4.74 Å². The fourth-order valence-corrected chi connectivity index (χ4v) is 5.76. The van der Waals surface area contributed by atoms with Gasteiger partial charge in [0.2, 0.25) is 0 Å². The molecule has 31 heavy (non-hydrogen) atoms. The molecule has 0 aliphatic heterocycles. The first-order valence-electron chi connectivity index (χ1n) is 13.7. The van der Waals surface area contributed by atoms with E-state index in [1.54, 1.807) is 5.57 Å². The second kappa shape index (κ2) is 14.0. The monoisotopic (exact) mass is 424 g/mol. The average Bonchev–Trinajstić information content (AvgIpc) is 2.82. The van der Waals surface area contributed by atoms with E-state index in [0.717, 1.165) is 36.5 Å². The zero-order chi connectivity index (χ0) is 21.7. The fraction of sp³-hybridized carbons (Fsp3) is 0.733. The maximum Gasteiger partial charge on any atom is 0.119 e. The molecule has 0 aromatic heterocycles. The van der Waals surface area contributed by atoms with Crippen LogP contribution >= 0.6 is 0 Å². The van der Waals surface area contributed by atoms with Crippen LogP contribution in [0.1, 0.15) is 116 Å². The van der Waals surface area contributed by atoms with Crippen LogP contribution < -0.4 is 4.74 Å². The molecule has 0 N–H and O–H groups in total. The molecule has 0 radical (unpaired) electrons. The topological polar surface area (TPSA) is 9.23 Å². The minimum absolute atomic E-state index is 0.838. The molecular formula is C30H48O. The van der Waals surface area contributed by atoms with Gasteiger partial charge in [0.25, 0.3) is 0 Å². The van der Waals surface area contributed by atoms with Crippen molar-refractivity contribution in [1.29, 1.82) is 0 Å². The van der Waals surface area contributed by atoms with Gasteiger partial charge in [0.05, 0.1) is 6.61 Å². The largest absolute Gasteiger partial charge is 0.494 e. The highest BCUT2D eigenvalue weighted by molar-refractivity contribution is 5.28. The second-order valence-electron chi connectivity index (χ2n) is 10.4. The molecule has 2 aliphatic carbocycles. The summed E-state index contributed by atoms with van der Waals surface area (Å²) in [5.74, 6) is 4.06. The third-order valence-corrected chi connectivity index (χ3v) is 7.99. The van der Waals surface area contributed by atoms with Gasteiger partial charge in [-0.05, 0) is 86.8 Å². The van der Waals surface area contributed by atoms with Crippen molar-refractivity contribution < 1.29 is 4.74 Å². The normalized spacial score (nSPS) is 24.1. The van der Waals surface area contributed by atoms with Gasteiger partial charge >= 0.3 is 0 Å². The van der Waals surface area contributed by atoms with Crippen LogP contribution in [0.25, 0.3) is 0 Å². The van der Waals surface area contributed by atoms with Crippen LogP contribution in [0.15, 0.2) is 35.9 Å². The number of rotatable bonds is 13. The van der Waals surface area contributed by atoms with Crippen molar-refractivity contribution in [2.24, 2.45) is 17.8 Å². The SMILES string of the molecule is CCCCCCC1CCC(C2CC=C(CCc3ccc(OCCCC)cc3)CC2)CC1. The van der Waals surface area contributed by atoms with Crippen molar-refractivity contribution in [2.45, 2.75) is 117 Å². The predicted octanol–water partition coefficient (Wildman–Crippen LogP) is 9.30. The smallest absolute Gasteiger partial charge is 0.119 e. The Bertz CT molecular complexity index is 620. The molecule has 1 aromatic rings. The van der Waals surface area contributed by atoms with E-state index in [9.17, 15) is 0 Å². The zero-order valence-electron chi connectivity index (χ0n) is 20.5. The number of ether oxygens (including phenoxy) is 1. The summed E-state index contributed by atoms with van der Waals surface area (Å²) in [4.78, 5) is 0. The Labute approximate surface area is 193 Å². The number of benzene rings is 1. The summed E-state index contributed by atoms with van der Waals surface area (Å²) in [6.45, 7) is 5.36. The van der Waals surface area contributed by atoms with Crippen LogP contribution in [-0.4, -0.2) is 6.61 Å². The van der Waals surface area contributed by atoms with Crippen LogP contribution in [0, 0.1) is 17.8 Å². The van der Waals surface area contributed by atoms with E-state index in [1.165, 1.54) is 102 Å². The standard InChI is InChI=1S/C30H48O/c1-3-5-7-8-9-25-12-18-28(19-13-25)29-20-14-26(15-21-29)10-11-27-16-22-30(23-17-27)31-24-6-4-2/h14,16-17,22-23,25,28-29H,3-13,15,18-21,24H2,1-2H3. The number of hydrogen-bond acceptors (Lipinski definition) is 1. The summed E-state index contributed by atoms with van der Waals surface area (Å²) < 4.78 is 5.79. The molecule has 1 atom stereocenters. The van der Waals surface area contributed by atoms with Gasteiger partial charge in [-0.1, -0.05) is 89.0 Å². The summed E-state index contributed by atoms with van der Waals surface area (Å²) >= 11 is 0. The highest BCUT2D eigenvalue weighted by Gasteiger charge is 2.28. The lowest BCUT2D eigenvalue weighted by Gasteiger charge is -2.35. The van der Waals surface area contributed by atoms with Crippen LogP contribution in [-0.2, 0) is 6.42 Å². The van der Waals surface area contributed by atoms with Gasteiger partial charge in [0.1, 0.15) is 5.75 Å². The quantitative estimate of drug-likeness (QED) is 0.226. The van der Waals surface area contributed by atoms with E-state index in [0.29, 0.717) is 0 Å². The molecule has 0 saturated heterocycles. The first-order valence-corrected chi connectivity index (χ1v) is 13.7. The lowest BCUT2D eigenvalue weighted by Crippen LogP contribution is -2.23. The molecule has 1 nitrogen and oxygen atoms in total. The van der Waals surface area contributed by atoms with Crippen LogP contribution in [0.2, 0.25) is 0 Å². The zero-order valence-corrected chi connectivity index (χ0v) is 20.5. The molecule has 1 fully saturated rings. The molecule has 0 spiro atoms. The van der Waals surface area contributed by atoms with Gasteiger partial charge < -0.3 is 4.74 Å². The molecule has 0 bridgehead atoms. The molecule has 0 amide bonds. The summed E-state index contributed by atoms with van der Waals surface area (Å²) in [6, 6.07) is 8.81. The summed E-state index contributed by atoms with van der Waals surface area (Å²) in [7, 11) is 0. The van der Waals surface area contributed by atoms with Crippen molar-refractivity contribution in [3.63, 3.8) is 0 Å².